The van der Waals surface area contributed by atoms with Gasteiger partial charge in [0.25, 0.3) is 15.9 Å². The number of hydrogen-bond donors (Lipinski definition) is 1. The minimum absolute atomic E-state index is 0.162. The van der Waals surface area contributed by atoms with Crippen LogP contribution in [0.4, 0.5) is 11.4 Å². The lowest BCUT2D eigenvalue weighted by Crippen LogP contribution is -2.30. The van der Waals surface area contributed by atoms with Crippen molar-refractivity contribution in [2.24, 2.45) is 0 Å². The van der Waals surface area contributed by atoms with E-state index < -0.39 is 10.0 Å². The molecule has 0 heterocycles. The van der Waals surface area contributed by atoms with Gasteiger partial charge < -0.3 is 14.8 Å². The first-order valence-electron chi connectivity index (χ1n) is 13.4. The van der Waals surface area contributed by atoms with Crippen molar-refractivity contribution < 1.29 is 22.7 Å². The van der Waals surface area contributed by atoms with Crippen LogP contribution in [0.5, 0.6) is 17.2 Å². The van der Waals surface area contributed by atoms with Gasteiger partial charge in [-0.05, 0) is 85.3 Å². The summed E-state index contributed by atoms with van der Waals surface area (Å²) in [5, 5.41) is 2.80. The van der Waals surface area contributed by atoms with Gasteiger partial charge in [0.2, 0.25) is 0 Å². The van der Waals surface area contributed by atoms with Gasteiger partial charge >= 0.3 is 0 Å². The summed E-state index contributed by atoms with van der Waals surface area (Å²) in [5.74, 6) is 1.49. The van der Waals surface area contributed by atoms with Crippen molar-refractivity contribution in [1.29, 1.82) is 0 Å². The number of benzene rings is 5. The molecule has 212 valence electrons. The van der Waals surface area contributed by atoms with Gasteiger partial charge in [-0.15, -0.1) is 0 Å². The van der Waals surface area contributed by atoms with Crippen LogP contribution in [-0.4, -0.2) is 20.9 Å². The lowest BCUT2D eigenvalue weighted by molar-refractivity contribution is -0.118. The van der Waals surface area contributed by atoms with Crippen molar-refractivity contribution in [3.8, 4) is 17.2 Å². The van der Waals surface area contributed by atoms with Crippen molar-refractivity contribution in [2.45, 2.75) is 18.4 Å². The molecule has 1 N–H and O–H groups in total. The smallest absolute Gasteiger partial charge is 0.264 e. The number of para-hydroxylation sites is 1. The topological polar surface area (TPSA) is 84.9 Å². The quantitative estimate of drug-likeness (QED) is 0.179. The van der Waals surface area contributed by atoms with E-state index in [9.17, 15) is 13.2 Å². The van der Waals surface area contributed by atoms with E-state index in [4.69, 9.17) is 9.47 Å². The number of anilines is 2. The zero-order chi connectivity index (χ0) is 29.4. The molecule has 0 aliphatic heterocycles. The first-order chi connectivity index (χ1) is 20.4. The predicted molar refractivity (Wildman–Crippen MR) is 165 cm³/mol. The Morgan fingerprint density at radius 2 is 1.26 bits per heavy atom. The average molecular weight is 579 g/mol. The van der Waals surface area contributed by atoms with Gasteiger partial charge in [-0.1, -0.05) is 66.2 Å². The summed E-state index contributed by atoms with van der Waals surface area (Å²) in [7, 11) is -3.84. The van der Waals surface area contributed by atoms with Crippen LogP contribution < -0.4 is 19.1 Å². The number of amides is 1. The highest BCUT2D eigenvalue weighted by Crippen LogP contribution is 2.28. The minimum Gasteiger partial charge on any atom is -0.484 e. The van der Waals surface area contributed by atoms with Gasteiger partial charge in [0.1, 0.15) is 17.2 Å². The Morgan fingerprint density at radius 1 is 0.690 bits per heavy atom. The second-order valence-corrected chi connectivity index (χ2v) is 11.4. The second-order valence-electron chi connectivity index (χ2n) is 9.58. The van der Waals surface area contributed by atoms with E-state index in [1.807, 2.05) is 67.6 Å². The zero-order valence-corrected chi connectivity index (χ0v) is 23.8. The second kappa shape index (κ2) is 13.1. The summed E-state index contributed by atoms with van der Waals surface area (Å²) in [6, 6.07) is 39.3. The SMILES string of the molecule is Cc1ccc(S(=O)(=O)N(Cc2ccccc2)c2ccc(OCC(=O)Nc3ccc(Oc4ccccc4)cc3)cc2)cc1. The molecule has 5 aromatic carbocycles. The number of sulfonamides is 1. The van der Waals surface area contributed by atoms with E-state index in [2.05, 4.69) is 5.32 Å². The molecule has 0 aromatic heterocycles. The number of carbonyl (C=O) groups excluding carboxylic acids is 1. The van der Waals surface area contributed by atoms with E-state index in [1.54, 1.807) is 72.8 Å². The van der Waals surface area contributed by atoms with Crippen LogP contribution >= 0.6 is 0 Å². The van der Waals surface area contributed by atoms with Gasteiger partial charge in [0.15, 0.2) is 6.61 Å². The largest absolute Gasteiger partial charge is 0.484 e. The summed E-state index contributed by atoms with van der Waals surface area (Å²) in [5.41, 5.74) is 2.92. The van der Waals surface area contributed by atoms with Crippen LogP contribution in [0.1, 0.15) is 11.1 Å². The maximum absolute atomic E-state index is 13.7. The standard InChI is InChI=1S/C34H30N2O5S/c1-26-12-22-33(23-13-26)42(38,39)36(24-27-8-4-2-5-9-27)29-16-20-30(21-17-29)40-25-34(37)35-28-14-18-32(19-15-28)41-31-10-6-3-7-11-31/h2-23H,24-25H2,1H3,(H,35,37). The number of carbonyl (C=O) groups is 1. The molecular formula is C34H30N2O5S. The van der Waals surface area contributed by atoms with Crippen molar-refractivity contribution in [1.82, 2.24) is 0 Å². The average Bonchev–Trinajstić information content (AvgIpc) is 3.01. The molecular weight excluding hydrogens is 548 g/mol. The first-order valence-corrected chi connectivity index (χ1v) is 14.8. The molecule has 0 bridgehead atoms. The van der Waals surface area contributed by atoms with Gasteiger partial charge in [0.05, 0.1) is 17.1 Å². The maximum atomic E-state index is 13.7. The predicted octanol–water partition coefficient (Wildman–Crippen LogP) is 7.20. The van der Waals surface area contributed by atoms with Crippen LogP contribution in [0.2, 0.25) is 0 Å². The highest BCUT2D eigenvalue weighted by atomic mass is 32.2. The fourth-order valence-corrected chi connectivity index (χ4v) is 5.64. The van der Waals surface area contributed by atoms with Gasteiger partial charge in [-0.2, -0.15) is 0 Å². The lowest BCUT2D eigenvalue weighted by atomic mass is 10.2. The Hall–Kier alpha value is -5.08. The lowest BCUT2D eigenvalue weighted by Gasteiger charge is -2.25. The Balaban J connectivity index is 1.23. The summed E-state index contributed by atoms with van der Waals surface area (Å²) < 4.78 is 40.2. The molecule has 0 atom stereocenters. The third-order valence-electron chi connectivity index (χ3n) is 6.39. The van der Waals surface area contributed by atoms with Crippen molar-refractivity contribution in [3.05, 3.63) is 145 Å². The van der Waals surface area contributed by atoms with Crippen molar-refractivity contribution in [2.75, 3.05) is 16.2 Å². The number of nitrogens with zero attached hydrogens (tertiary/aromatic N) is 1. The molecule has 0 radical (unpaired) electrons. The Labute approximate surface area is 246 Å². The highest BCUT2D eigenvalue weighted by molar-refractivity contribution is 7.92. The molecule has 0 unspecified atom stereocenters. The maximum Gasteiger partial charge on any atom is 0.264 e. The summed E-state index contributed by atoms with van der Waals surface area (Å²) in [6.07, 6.45) is 0. The molecule has 8 heteroatoms. The molecule has 5 aromatic rings. The third kappa shape index (κ3) is 7.35. The number of nitrogens with one attached hydrogen (secondary N) is 1. The monoisotopic (exact) mass is 578 g/mol. The number of ether oxygens (including phenoxy) is 2. The van der Waals surface area contributed by atoms with Gasteiger partial charge in [0, 0.05) is 5.69 Å². The first kappa shape index (κ1) is 28.4. The van der Waals surface area contributed by atoms with E-state index >= 15 is 0 Å². The van der Waals surface area contributed by atoms with E-state index in [1.165, 1.54) is 4.31 Å². The summed E-state index contributed by atoms with van der Waals surface area (Å²) >= 11 is 0. The van der Waals surface area contributed by atoms with Crippen molar-refractivity contribution >= 4 is 27.3 Å². The molecule has 0 saturated heterocycles. The molecule has 0 spiro atoms. The Bertz CT molecular complexity index is 1710. The fourth-order valence-electron chi connectivity index (χ4n) is 4.19. The molecule has 7 nitrogen and oxygen atoms in total. The molecule has 42 heavy (non-hydrogen) atoms. The van der Waals surface area contributed by atoms with Crippen LogP contribution in [0.3, 0.4) is 0 Å². The minimum atomic E-state index is -3.84. The molecule has 0 saturated carbocycles. The van der Waals surface area contributed by atoms with Crippen LogP contribution in [-0.2, 0) is 21.4 Å². The molecule has 5 rings (SSSR count). The van der Waals surface area contributed by atoms with Crippen LogP contribution in [0.25, 0.3) is 0 Å². The Kier molecular flexibility index (Phi) is 8.84. The Morgan fingerprint density at radius 3 is 1.90 bits per heavy atom. The normalized spacial score (nSPS) is 11.0. The molecule has 0 fully saturated rings. The molecule has 0 aliphatic carbocycles. The number of hydrogen-bond acceptors (Lipinski definition) is 5. The zero-order valence-electron chi connectivity index (χ0n) is 23.0. The number of rotatable bonds is 11. The molecule has 0 aliphatic rings. The third-order valence-corrected chi connectivity index (χ3v) is 8.18. The van der Waals surface area contributed by atoms with E-state index in [0.717, 1.165) is 16.9 Å². The summed E-state index contributed by atoms with van der Waals surface area (Å²) in [6.45, 7) is 1.86. The fraction of sp³-hybridized carbons (Fsp3) is 0.0882. The summed E-state index contributed by atoms with van der Waals surface area (Å²) in [4.78, 5) is 12.7. The van der Waals surface area contributed by atoms with Crippen molar-refractivity contribution in [3.63, 3.8) is 0 Å². The van der Waals surface area contributed by atoms with E-state index in [0.29, 0.717) is 22.9 Å². The van der Waals surface area contributed by atoms with Crippen LogP contribution in [0.15, 0.2) is 138 Å². The highest BCUT2D eigenvalue weighted by Gasteiger charge is 2.25. The number of aryl methyl sites for hydroxylation is 1. The van der Waals surface area contributed by atoms with E-state index in [-0.39, 0.29) is 24.0 Å². The molecule has 1 amide bonds. The van der Waals surface area contributed by atoms with Gasteiger partial charge in [-0.25, -0.2) is 8.42 Å². The van der Waals surface area contributed by atoms with Gasteiger partial charge in [-0.3, -0.25) is 9.10 Å². The van der Waals surface area contributed by atoms with Crippen LogP contribution in [0, 0.1) is 6.92 Å².